The predicted molar refractivity (Wildman–Crippen MR) is 119 cm³/mol. The number of halogens is 1. The summed E-state index contributed by atoms with van der Waals surface area (Å²) in [6, 6.07) is 16.6. The molecule has 7 nitrogen and oxygen atoms in total. The summed E-state index contributed by atoms with van der Waals surface area (Å²) in [6.45, 7) is 3.74. The maximum absolute atomic E-state index is 12.5. The Morgan fingerprint density at radius 3 is 2.71 bits per heavy atom. The molecule has 0 aliphatic rings. The van der Waals surface area contributed by atoms with Crippen LogP contribution in [0.3, 0.4) is 0 Å². The first kappa shape index (κ1) is 20.4. The zero-order chi connectivity index (χ0) is 22.0. The van der Waals surface area contributed by atoms with E-state index in [-0.39, 0.29) is 18.0 Å². The monoisotopic (exact) mass is 431 g/mol. The van der Waals surface area contributed by atoms with Gasteiger partial charge in [-0.1, -0.05) is 29.8 Å². The number of anilines is 1. The van der Waals surface area contributed by atoms with Crippen molar-refractivity contribution in [3.63, 3.8) is 0 Å². The number of para-hydroxylation sites is 1. The van der Waals surface area contributed by atoms with Crippen molar-refractivity contribution in [2.24, 2.45) is 0 Å². The molecule has 0 spiro atoms. The van der Waals surface area contributed by atoms with Gasteiger partial charge >= 0.3 is 0 Å². The number of amides is 1. The van der Waals surface area contributed by atoms with E-state index < -0.39 is 5.91 Å². The molecular weight excluding hydrogens is 414 g/mol. The van der Waals surface area contributed by atoms with Gasteiger partial charge in [0.1, 0.15) is 17.4 Å². The van der Waals surface area contributed by atoms with Gasteiger partial charge in [0.25, 0.3) is 5.91 Å². The molecule has 2 heterocycles. The number of rotatable bonds is 5. The molecule has 8 heteroatoms. The average molecular weight is 432 g/mol. The van der Waals surface area contributed by atoms with E-state index in [1.165, 1.54) is 10.9 Å². The van der Waals surface area contributed by atoms with Crippen molar-refractivity contribution in [2.75, 3.05) is 11.9 Å². The number of hydrogen-bond acceptors (Lipinski definition) is 5. The number of fused-ring (bicyclic) bond motifs is 1. The molecule has 2 aromatic carbocycles. The fourth-order valence-electron chi connectivity index (χ4n) is 3.22. The van der Waals surface area contributed by atoms with Crippen LogP contribution in [0.15, 0.2) is 54.7 Å². The third kappa shape index (κ3) is 4.20. The lowest BCUT2D eigenvalue weighted by molar-refractivity contribution is -0.118. The minimum absolute atomic E-state index is 0.226. The smallest absolute Gasteiger partial charge is 0.263 e. The largest absolute Gasteiger partial charge is 0.484 e. The Morgan fingerprint density at radius 2 is 1.97 bits per heavy atom. The Labute approximate surface area is 183 Å². The molecule has 1 amide bonds. The van der Waals surface area contributed by atoms with Crippen LogP contribution in [-0.4, -0.2) is 27.3 Å². The van der Waals surface area contributed by atoms with E-state index in [1.807, 2.05) is 38.1 Å². The molecule has 0 atom stereocenters. The number of pyridine rings is 1. The van der Waals surface area contributed by atoms with Gasteiger partial charge in [-0.2, -0.15) is 15.0 Å². The third-order valence-corrected chi connectivity index (χ3v) is 5.03. The molecule has 0 aliphatic carbocycles. The highest BCUT2D eigenvalue weighted by molar-refractivity contribution is 6.30. The molecular formula is C23H18ClN5O2. The van der Waals surface area contributed by atoms with E-state index >= 15 is 0 Å². The van der Waals surface area contributed by atoms with Crippen molar-refractivity contribution in [3.05, 3.63) is 76.4 Å². The van der Waals surface area contributed by atoms with Crippen molar-refractivity contribution in [1.29, 1.82) is 5.26 Å². The fourth-order valence-corrected chi connectivity index (χ4v) is 3.35. The molecule has 0 radical (unpaired) electrons. The normalized spacial score (nSPS) is 10.6. The standard InChI is InChI=1S/C23H18ClN5O2/c1-14-4-3-5-19-15(2)10-20(27-22(14)19)29-23(16(11-25)12-26-29)28-21(30)13-31-18-8-6-17(24)7-9-18/h3-10,12H,13H2,1-2H3,(H,28,30). The second-order valence-electron chi connectivity index (χ2n) is 6.99. The quantitative estimate of drug-likeness (QED) is 0.499. The van der Waals surface area contributed by atoms with Gasteiger partial charge in [-0.25, -0.2) is 4.98 Å². The highest BCUT2D eigenvalue weighted by atomic mass is 35.5. The molecule has 0 unspecified atom stereocenters. The molecule has 0 fully saturated rings. The molecule has 2 aromatic heterocycles. The van der Waals surface area contributed by atoms with Crippen molar-refractivity contribution < 1.29 is 9.53 Å². The first-order valence-corrected chi connectivity index (χ1v) is 9.88. The number of aromatic nitrogens is 3. The highest BCUT2D eigenvalue weighted by Gasteiger charge is 2.17. The van der Waals surface area contributed by atoms with E-state index in [0.29, 0.717) is 16.6 Å². The second-order valence-corrected chi connectivity index (χ2v) is 7.43. The molecule has 0 aliphatic heterocycles. The first-order chi connectivity index (χ1) is 15.0. The lowest BCUT2D eigenvalue weighted by Crippen LogP contribution is -2.22. The summed E-state index contributed by atoms with van der Waals surface area (Å²) in [5.41, 5.74) is 3.11. The Bertz CT molecular complexity index is 1320. The molecule has 1 N–H and O–H groups in total. The number of nitrogens with zero attached hydrogens (tertiary/aromatic N) is 4. The molecule has 0 bridgehead atoms. The number of aryl methyl sites for hydroxylation is 2. The summed E-state index contributed by atoms with van der Waals surface area (Å²) < 4.78 is 6.94. The molecule has 31 heavy (non-hydrogen) atoms. The van der Waals surface area contributed by atoms with Crippen molar-refractivity contribution in [3.8, 4) is 17.6 Å². The van der Waals surface area contributed by atoms with Crippen LogP contribution in [0.5, 0.6) is 5.75 Å². The third-order valence-electron chi connectivity index (χ3n) is 4.78. The highest BCUT2D eigenvalue weighted by Crippen LogP contribution is 2.25. The van der Waals surface area contributed by atoms with Crippen molar-refractivity contribution in [2.45, 2.75) is 13.8 Å². The minimum Gasteiger partial charge on any atom is -0.484 e. The Balaban J connectivity index is 1.63. The number of carbonyl (C=O) groups is 1. The Morgan fingerprint density at radius 1 is 1.19 bits per heavy atom. The summed E-state index contributed by atoms with van der Waals surface area (Å²) in [4.78, 5) is 17.2. The van der Waals surface area contributed by atoms with E-state index in [9.17, 15) is 10.1 Å². The van der Waals surface area contributed by atoms with Gasteiger partial charge < -0.3 is 10.1 Å². The SMILES string of the molecule is Cc1cc(-n2ncc(C#N)c2NC(=O)COc2ccc(Cl)cc2)nc2c(C)cccc12. The van der Waals surface area contributed by atoms with E-state index in [2.05, 4.69) is 16.5 Å². The van der Waals surface area contributed by atoms with Gasteiger partial charge in [-0.3, -0.25) is 4.79 Å². The van der Waals surface area contributed by atoms with Crippen LogP contribution in [0.2, 0.25) is 5.02 Å². The van der Waals surface area contributed by atoms with Crippen LogP contribution in [0.4, 0.5) is 5.82 Å². The topological polar surface area (TPSA) is 92.8 Å². The van der Waals surface area contributed by atoms with Crippen LogP contribution in [-0.2, 0) is 4.79 Å². The number of carbonyl (C=O) groups excluding carboxylic acids is 1. The van der Waals surface area contributed by atoms with Crippen molar-refractivity contribution in [1.82, 2.24) is 14.8 Å². The molecule has 154 valence electrons. The summed E-state index contributed by atoms with van der Waals surface area (Å²) >= 11 is 5.85. The molecule has 4 rings (SSSR count). The van der Waals surface area contributed by atoms with E-state index in [0.717, 1.165) is 22.0 Å². The van der Waals surface area contributed by atoms with Gasteiger partial charge in [0.2, 0.25) is 0 Å². The molecule has 4 aromatic rings. The van der Waals surface area contributed by atoms with Gasteiger partial charge in [-0.05, 0) is 55.3 Å². The summed E-state index contributed by atoms with van der Waals surface area (Å²) in [7, 11) is 0. The molecule has 0 saturated carbocycles. The van der Waals surface area contributed by atoms with Crippen LogP contribution in [0.25, 0.3) is 16.7 Å². The second kappa shape index (κ2) is 8.46. The molecule has 0 saturated heterocycles. The number of nitrogens with one attached hydrogen (secondary N) is 1. The van der Waals surface area contributed by atoms with E-state index in [4.69, 9.17) is 21.3 Å². The number of ether oxygens (including phenoxy) is 1. The van der Waals surface area contributed by atoms with Gasteiger partial charge in [-0.15, -0.1) is 0 Å². The number of nitriles is 1. The van der Waals surface area contributed by atoms with Crippen LogP contribution >= 0.6 is 11.6 Å². The maximum Gasteiger partial charge on any atom is 0.263 e. The zero-order valence-corrected chi connectivity index (χ0v) is 17.6. The minimum atomic E-state index is -0.429. The predicted octanol–water partition coefficient (Wildman–Crippen LogP) is 4.58. The lowest BCUT2D eigenvalue weighted by atomic mass is 10.1. The van der Waals surface area contributed by atoms with E-state index in [1.54, 1.807) is 24.3 Å². The van der Waals surface area contributed by atoms with Gasteiger partial charge in [0, 0.05) is 10.4 Å². The first-order valence-electron chi connectivity index (χ1n) is 9.50. The number of hydrogen-bond donors (Lipinski definition) is 1. The van der Waals surface area contributed by atoms with Crippen LogP contribution in [0, 0.1) is 25.2 Å². The van der Waals surface area contributed by atoms with Gasteiger partial charge in [0.15, 0.2) is 18.2 Å². The summed E-state index contributed by atoms with van der Waals surface area (Å²) in [5.74, 6) is 0.833. The zero-order valence-electron chi connectivity index (χ0n) is 16.9. The Hall–Kier alpha value is -3.89. The van der Waals surface area contributed by atoms with Crippen LogP contribution in [0.1, 0.15) is 16.7 Å². The summed E-state index contributed by atoms with van der Waals surface area (Å²) in [6.07, 6.45) is 1.40. The average Bonchev–Trinajstić information content (AvgIpc) is 3.16. The van der Waals surface area contributed by atoms with Crippen LogP contribution < -0.4 is 10.1 Å². The maximum atomic E-state index is 12.5. The van der Waals surface area contributed by atoms with Gasteiger partial charge in [0.05, 0.1) is 11.7 Å². The fraction of sp³-hybridized carbons (Fsp3) is 0.130. The lowest BCUT2D eigenvalue weighted by Gasteiger charge is -2.12. The van der Waals surface area contributed by atoms with Crippen molar-refractivity contribution >= 4 is 34.2 Å². The Kier molecular flexibility index (Phi) is 5.56. The summed E-state index contributed by atoms with van der Waals surface area (Å²) in [5, 5.41) is 18.1. The number of benzene rings is 2.